The lowest BCUT2D eigenvalue weighted by Crippen LogP contribution is -2.31. The smallest absolute Gasteiger partial charge is 0.380 e. The summed E-state index contributed by atoms with van der Waals surface area (Å²) in [5.74, 6) is -1.14. The predicted molar refractivity (Wildman–Crippen MR) is 155 cm³/mol. The number of hydrogen-bond acceptors (Lipinski definition) is 7. The Balaban J connectivity index is 1.35. The number of benzene rings is 3. The Morgan fingerprint density at radius 1 is 1.09 bits per heavy atom. The van der Waals surface area contributed by atoms with Gasteiger partial charge < -0.3 is 20.5 Å². The summed E-state index contributed by atoms with van der Waals surface area (Å²) < 4.78 is 64.2. The standard InChI is InChI=1S/C31H28F4N6O2/c1-17(2)37-15-19-5-3-4-6-21(19)18-7-9-25(24(32)13-18)40-12-11-22-28(26(42)16-40)41(38-29(22)31(33,34)35)20-8-10-27-23(14-20)30(36)39-43-27/h3-10,13-14,17,37H,11-12,15-16H2,1-2H3,(H2,36,39). The lowest BCUT2D eigenvalue weighted by atomic mass is 9.99. The van der Waals surface area contributed by atoms with Crippen molar-refractivity contribution in [2.45, 2.75) is 39.0 Å². The van der Waals surface area contributed by atoms with Gasteiger partial charge in [-0.25, -0.2) is 9.07 Å². The SMILES string of the molecule is CC(C)NCc1ccccc1-c1ccc(N2CCc3c(C(F)(F)F)nn(-c4ccc5onc(N)c5c4)c3C(=O)C2)c(F)c1. The summed E-state index contributed by atoms with van der Waals surface area (Å²) in [6.07, 6.45) is -4.98. The van der Waals surface area contributed by atoms with Crippen LogP contribution in [0.2, 0.25) is 0 Å². The molecule has 1 aliphatic heterocycles. The van der Waals surface area contributed by atoms with Crippen molar-refractivity contribution in [3.63, 3.8) is 0 Å². The number of nitrogens with two attached hydrogens (primary N) is 1. The van der Waals surface area contributed by atoms with Gasteiger partial charge in [0.2, 0.25) is 5.78 Å². The molecule has 0 fully saturated rings. The molecule has 0 unspecified atom stereocenters. The van der Waals surface area contributed by atoms with E-state index < -0.39 is 23.5 Å². The number of alkyl halides is 3. The van der Waals surface area contributed by atoms with Gasteiger partial charge in [0.05, 0.1) is 23.3 Å². The number of nitrogens with zero attached hydrogens (tertiary/aromatic N) is 4. The maximum absolute atomic E-state index is 15.7. The molecule has 0 saturated carbocycles. The van der Waals surface area contributed by atoms with Gasteiger partial charge in [-0.2, -0.15) is 18.3 Å². The summed E-state index contributed by atoms with van der Waals surface area (Å²) in [6, 6.07) is 17.1. The number of rotatable bonds is 6. The summed E-state index contributed by atoms with van der Waals surface area (Å²) in [7, 11) is 0. The maximum Gasteiger partial charge on any atom is 0.435 e. The van der Waals surface area contributed by atoms with Gasteiger partial charge in [0.15, 0.2) is 17.1 Å². The van der Waals surface area contributed by atoms with Crippen LogP contribution in [0, 0.1) is 5.82 Å². The van der Waals surface area contributed by atoms with Crippen LogP contribution in [0.4, 0.5) is 29.1 Å². The van der Waals surface area contributed by atoms with Gasteiger partial charge in [-0.15, -0.1) is 0 Å². The zero-order valence-corrected chi connectivity index (χ0v) is 23.4. The van der Waals surface area contributed by atoms with E-state index in [0.717, 1.165) is 15.8 Å². The lowest BCUT2D eigenvalue weighted by Gasteiger charge is -2.23. The van der Waals surface area contributed by atoms with Crippen molar-refractivity contribution in [3.05, 3.63) is 89.0 Å². The molecule has 12 heteroatoms. The van der Waals surface area contributed by atoms with Crippen LogP contribution < -0.4 is 16.0 Å². The molecule has 2 aromatic heterocycles. The number of anilines is 2. The van der Waals surface area contributed by atoms with Crippen molar-refractivity contribution in [2.75, 3.05) is 23.7 Å². The molecule has 0 radical (unpaired) electrons. The fourth-order valence-electron chi connectivity index (χ4n) is 5.45. The number of Topliss-reactive ketones (excluding diaryl/α,β-unsaturated/α-hetero) is 1. The molecule has 0 amide bonds. The van der Waals surface area contributed by atoms with Gasteiger partial charge in [0.25, 0.3) is 0 Å². The highest BCUT2D eigenvalue weighted by atomic mass is 19.4. The fraction of sp³-hybridized carbons (Fsp3) is 0.258. The van der Waals surface area contributed by atoms with Crippen LogP contribution >= 0.6 is 0 Å². The largest absolute Gasteiger partial charge is 0.435 e. The van der Waals surface area contributed by atoms with E-state index in [1.807, 2.05) is 38.1 Å². The number of carbonyl (C=O) groups excluding carboxylic acids is 1. The zero-order valence-electron chi connectivity index (χ0n) is 23.4. The van der Waals surface area contributed by atoms with Crippen LogP contribution in [-0.4, -0.2) is 39.9 Å². The van der Waals surface area contributed by atoms with Gasteiger partial charge in [0.1, 0.15) is 11.5 Å². The average Bonchev–Trinajstić information content (AvgIpc) is 3.50. The molecule has 0 atom stereocenters. The number of carbonyl (C=O) groups is 1. The molecular formula is C31H28F4N6O2. The first kappa shape index (κ1) is 28.4. The van der Waals surface area contributed by atoms with Crippen LogP contribution in [0.15, 0.2) is 65.2 Å². The molecule has 3 N–H and O–H groups in total. The van der Waals surface area contributed by atoms with E-state index >= 15 is 4.39 Å². The predicted octanol–water partition coefficient (Wildman–Crippen LogP) is 6.16. The highest BCUT2D eigenvalue weighted by Crippen LogP contribution is 2.37. The van der Waals surface area contributed by atoms with Gasteiger partial charge in [0, 0.05) is 24.7 Å². The van der Waals surface area contributed by atoms with Crippen molar-refractivity contribution < 1.29 is 26.9 Å². The van der Waals surface area contributed by atoms with Gasteiger partial charge in [-0.1, -0.05) is 49.3 Å². The third-order valence-electron chi connectivity index (χ3n) is 7.53. The Labute approximate surface area is 244 Å². The summed E-state index contributed by atoms with van der Waals surface area (Å²) in [6.45, 7) is 4.33. The summed E-state index contributed by atoms with van der Waals surface area (Å²) in [4.78, 5) is 15.1. The third kappa shape index (κ3) is 5.34. The average molecular weight is 593 g/mol. The maximum atomic E-state index is 15.7. The number of hydrogen-bond donors (Lipinski definition) is 2. The molecule has 0 saturated heterocycles. The monoisotopic (exact) mass is 592 g/mol. The van der Waals surface area contributed by atoms with Gasteiger partial charge in [-0.3, -0.25) is 4.79 Å². The van der Waals surface area contributed by atoms with E-state index in [4.69, 9.17) is 10.3 Å². The number of ketones is 1. The third-order valence-corrected chi connectivity index (χ3v) is 7.53. The Kier molecular flexibility index (Phi) is 7.17. The Morgan fingerprint density at radius 2 is 1.88 bits per heavy atom. The van der Waals surface area contributed by atoms with Crippen LogP contribution in [0.25, 0.3) is 27.8 Å². The second kappa shape index (κ2) is 10.8. The molecule has 0 bridgehead atoms. The molecular weight excluding hydrogens is 564 g/mol. The molecule has 0 aliphatic carbocycles. The Hall–Kier alpha value is -4.71. The lowest BCUT2D eigenvalue weighted by molar-refractivity contribution is -0.141. The second-order valence-corrected chi connectivity index (χ2v) is 10.8. The highest BCUT2D eigenvalue weighted by Gasteiger charge is 2.42. The summed E-state index contributed by atoms with van der Waals surface area (Å²) in [5.41, 5.74) is 7.43. The van der Waals surface area contributed by atoms with E-state index in [1.165, 1.54) is 29.2 Å². The molecule has 43 heavy (non-hydrogen) atoms. The first-order valence-electron chi connectivity index (χ1n) is 13.7. The quantitative estimate of drug-likeness (QED) is 0.228. The number of nitrogens with one attached hydrogen (secondary N) is 1. The van der Waals surface area contributed by atoms with E-state index in [2.05, 4.69) is 15.6 Å². The van der Waals surface area contributed by atoms with Crippen molar-refractivity contribution in [3.8, 4) is 16.8 Å². The van der Waals surface area contributed by atoms with Crippen LogP contribution in [-0.2, 0) is 19.1 Å². The van der Waals surface area contributed by atoms with Crippen molar-refractivity contribution in [1.82, 2.24) is 20.3 Å². The number of fused-ring (bicyclic) bond motifs is 2. The first-order valence-corrected chi connectivity index (χ1v) is 13.7. The van der Waals surface area contributed by atoms with Crippen molar-refractivity contribution >= 4 is 28.3 Å². The topological polar surface area (TPSA) is 102 Å². The van der Waals surface area contributed by atoms with E-state index in [9.17, 15) is 18.0 Å². The molecule has 8 nitrogen and oxygen atoms in total. The molecule has 3 heterocycles. The zero-order chi connectivity index (χ0) is 30.5. The number of nitrogen functional groups attached to an aromatic ring is 1. The van der Waals surface area contributed by atoms with E-state index in [-0.39, 0.29) is 54.0 Å². The Morgan fingerprint density at radius 3 is 2.63 bits per heavy atom. The van der Waals surface area contributed by atoms with Crippen molar-refractivity contribution in [1.29, 1.82) is 0 Å². The molecule has 3 aromatic carbocycles. The number of aromatic nitrogens is 3. The van der Waals surface area contributed by atoms with E-state index in [0.29, 0.717) is 23.1 Å². The minimum atomic E-state index is -4.81. The summed E-state index contributed by atoms with van der Waals surface area (Å²) >= 11 is 0. The van der Waals surface area contributed by atoms with Gasteiger partial charge >= 0.3 is 6.18 Å². The fourth-order valence-corrected chi connectivity index (χ4v) is 5.45. The molecule has 6 rings (SSSR count). The van der Waals surface area contributed by atoms with Gasteiger partial charge in [-0.05, 0) is 53.4 Å². The van der Waals surface area contributed by atoms with Crippen LogP contribution in [0.5, 0.6) is 0 Å². The molecule has 5 aromatic rings. The number of halogens is 4. The van der Waals surface area contributed by atoms with E-state index in [1.54, 1.807) is 12.1 Å². The second-order valence-electron chi connectivity index (χ2n) is 10.8. The molecule has 1 aliphatic rings. The minimum Gasteiger partial charge on any atom is -0.380 e. The first-order chi connectivity index (χ1) is 20.5. The normalized spacial score (nSPS) is 14.0. The summed E-state index contributed by atoms with van der Waals surface area (Å²) in [5, 5.41) is 11.2. The van der Waals surface area contributed by atoms with Crippen molar-refractivity contribution in [2.24, 2.45) is 0 Å². The molecule has 0 spiro atoms. The Bertz CT molecular complexity index is 1840. The van der Waals surface area contributed by atoms with Crippen LogP contribution in [0.3, 0.4) is 0 Å². The molecule has 222 valence electrons. The highest BCUT2D eigenvalue weighted by molar-refractivity contribution is 6.01. The van der Waals surface area contributed by atoms with Crippen LogP contribution in [0.1, 0.15) is 41.2 Å². The minimum absolute atomic E-state index is 0.0176.